The molecule has 2 N–H and O–H groups in total. The summed E-state index contributed by atoms with van der Waals surface area (Å²) >= 11 is 0. The van der Waals surface area contributed by atoms with Crippen molar-refractivity contribution in [1.82, 2.24) is 4.90 Å². The van der Waals surface area contributed by atoms with Gasteiger partial charge in [-0.2, -0.15) is 0 Å². The van der Waals surface area contributed by atoms with E-state index in [0.29, 0.717) is 0 Å². The maximum Gasteiger partial charge on any atom is 0.0331 e. The summed E-state index contributed by atoms with van der Waals surface area (Å²) in [5.74, 6) is 0.733. The first kappa shape index (κ1) is 14.1. The number of nitrogens with two attached hydrogens (primary N) is 1. The lowest BCUT2D eigenvalue weighted by atomic mass is 9.75. The molecule has 0 aromatic heterocycles. The molecule has 0 heterocycles. The van der Waals surface area contributed by atoms with E-state index in [9.17, 15) is 0 Å². The highest BCUT2D eigenvalue weighted by Crippen LogP contribution is 2.39. The van der Waals surface area contributed by atoms with E-state index in [2.05, 4.69) is 36.1 Å². The van der Waals surface area contributed by atoms with Gasteiger partial charge in [0.2, 0.25) is 0 Å². The van der Waals surface area contributed by atoms with E-state index in [0.717, 1.165) is 19.0 Å². The summed E-state index contributed by atoms with van der Waals surface area (Å²) in [5.41, 5.74) is 9.62. The zero-order valence-corrected chi connectivity index (χ0v) is 12.8. The second-order valence-electron chi connectivity index (χ2n) is 6.63. The largest absolute Gasteiger partial charge is 0.329 e. The van der Waals surface area contributed by atoms with Crippen LogP contribution in [0.15, 0.2) is 24.3 Å². The van der Waals surface area contributed by atoms with Crippen LogP contribution >= 0.6 is 0 Å². The fourth-order valence-electron chi connectivity index (χ4n) is 4.31. The van der Waals surface area contributed by atoms with Gasteiger partial charge < -0.3 is 5.73 Å². The van der Waals surface area contributed by atoms with Gasteiger partial charge in [0.1, 0.15) is 0 Å². The second-order valence-corrected chi connectivity index (χ2v) is 6.63. The molecule has 2 aliphatic rings. The molecule has 2 nitrogen and oxygen atoms in total. The van der Waals surface area contributed by atoms with Crippen LogP contribution in [0.25, 0.3) is 0 Å². The smallest absolute Gasteiger partial charge is 0.0331 e. The summed E-state index contributed by atoms with van der Waals surface area (Å²) in [6, 6.07) is 8.94. The predicted molar refractivity (Wildman–Crippen MR) is 85.0 cm³/mol. The molecule has 0 spiro atoms. The zero-order chi connectivity index (χ0) is 14.0. The van der Waals surface area contributed by atoms with Crippen molar-refractivity contribution >= 4 is 0 Å². The zero-order valence-electron chi connectivity index (χ0n) is 12.8. The topological polar surface area (TPSA) is 29.3 Å². The highest BCUT2D eigenvalue weighted by Gasteiger charge is 2.38. The minimum Gasteiger partial charge on any atom is -0.329 e. The van der Waals surface area contributed by atoms with E-state index in [-0.39, 0.29) is 5.54 Å². The Morgan fingerprint density at radius 1 is 1.20 bits per heavy atom. The van der Waals surface area contributed by atoms with Gasteiger partial charge in [-0.3, -0.25) is 4.90 Å². The molecule has 1 saturated carbocycles. The Morgan fingerprint density at radius 3 is 2.60 bits per heavy atom. The summed E-state index contributed by atoms with van der Waals surface area (Å²) in [4.78, 5) is 2.70. The van der Waals surface area contributed by atoms with E-state index in [1.54, 1.807) is 11.1 Å². The third-order valence-corrected chi connectivity index (χ3v) is 5.62. The third kappa shape index (κ3) is 2.40. The Labute approximate surface area is 123 Å². The first-order valence-electron chi connectivity index (χ1n) is 8.32. The number of likely N-dealkylation sites (N-methyl/N-ethyl adjacent to an activating group) is 1. The molecule has 1 fully saturated rings. The summed E-state index contributed by atoms with van der Waals surface area (Å²) < 4.78 is 0. The molecular formula is C18H28N2. The van der Waals surface area contributed by atoms with E-state index < -0.39 is 0 Å². The van der Waals surface area contributed by atoms with Crippen LogP contribution in [0.5, 0.6) is 0 Å². The quantitative estimate of drug-likeness (QED) is 0.891. The average Bonchev–Trinajstić information content (AvgIpc) is 2.49. The van der Waals surface area contributed by atoms with Gasteiger partial charge in [-0.1, -0.05) is 50.5 Å². The van der Waals surface area contributed by atoms with Crippen molar-refractivity contribution in [2.75, 3.05) is 19.6 Å². The summed E-state index contributed by atoms with van der Waals surface area (Å²) in [7, 11) is 0. The highest BCUT2D eigenvalue weighted by molar-refractivity contribution is 5.40. The average molecular weight is 272 g/mol. The van der Waals surface area contributed by atoms with E-state index >= 15 is 0 Å². The minimum atomic E-state index is 0.289. The Kier molecular flexibility index (Phi) is 4.13. The van der Waals surface area contributed by atoms with Gasteiger partial charge in [0, 0.05) is 24.5 Å². The minimum absolute atomic E-state index is 0.289. The number of rotatable bonds is 5. The van der Waals surface area contributed by atoms with E-state index in [4.69, 9.17) is 5.73 Å². The molecule has 2 aliphatic carbocycles. The Hall–Kier alpha value is -0.860. The maximum absolute atomic E-state index is 6.20. The normalized spacial score (nSPS) is 24.2. The molecule has 0 amide bonds. The molecule has 1 atom stereocenters. The molecular weight excluding hydrogens is 244 g/mol. The van der Waals surface area contributed by atoms with Gasteiger partial charge in [0.05, 0.1) is 0 Å². The second kappa shape index (κ2) is 5.87. The van der Waals surface area contributed by atoms with E-state index in [1.165, 1.54) is 45.1 Å². The van der Waals surface area contributed by atoms with Crippen molar-refractivity contribution < 1.29 is 0 Å². The van der Waals surface area contributed by atoms with Crippen molar-refractivity contribution in [2.45, 2.75) is 56.9 Å². The lowest BCUT2D eigenvalue weighted by Crippen LogP contribution is -2.56. The van der Waals surface area contributed by atoms with Gasteiger partial charge in [-0.25, -0.2) is 0 Å². The number of benzene rings is 1. The fourth-order valence-corrected chi connectivity index (χ4v) is 4.31. The summed E-state index contributed by atoms with van der Waals surface area (Å²) in [5, 5.41) is 0. The monoisotopic (exact) mass is 272 g/mol. The molecule has 0 saturated heterocycles. The van der Waals surface area contributed by atoms with Crippen LogP contribution in [0, 0.1) is 0 Å². The maximum atomic E-state index is 6.20. The Morgan fingerprint density at radius 2 is 1.95 bits per heavy atom. The molecule has 20 heavy (non-hydrogen) atoms. The Balaban J connectivity index is 1.71. The molecule has 0 aliphatic heterocycles. The van der Waals surface area contributed by atoms with Gasteiger partial charge in [0.25, 0.3) is 0 Å². The van der Waals surface area contributed by atoms with Crippen LogP contribution < -0.4 is 5.73 Å². The molecule has 3 rings (SSSR count). The van der Waals surface area contributed by atoms with Gasteiger partial charge in [-0.05, 0) is 36.9 Å². The molecule has 110 valence electrons. The number of hydrogen-bond acceptors (Lipinski definition) is 2. The third-order valence-electron chi connectivity index (χ3n) is 5.62. The van der Waals surface area contributed by atoms with Crippen LogP contribution in [-0.4, -0.2) is 30.1 Å². The van der Waals surface area contributed by atoms with Crippen molar-refractivity contribution in [3.05, 3.63) is 35.4 Å². The van der Waals surface area contributed by atoms with E-state index in [1.807, 2.05) is 0 Å². The standard InChI is InChI=1S/C18H28N2/c1-2-20(18(14-19)10-6-3-7-11-18)13-16-12-15-8-4-5-9-17(15)16/h4-5,8-9,16H,2-3,6-7,10-14,19H2,1H3. The van der Waals surface area contributed by atoms with Crippen LogP contribution in [-0.2, 0) is 6.42 Å². The van der Waals surface area contributed by atoms with Crippen LogP contribution in [0.4, 0.5) is 0 Å². The molecule has 1 aromatic carbocycles. The van der Waals surface area contributed by atoms with Crippen LogP contribution in [0.2, 0.25) is 0 Å². The fraction of sp³-hybridized carbons (Fsp3) is 0.667. The summed E-state index contributed by atoms with van der Waals surface area (Å²) in [6.07, 6.45) is 7.96. The van der Waals surface area contributed by atoms with Gasteiger partial charge in [-0.15, -0.1) is 0 Å². The van der Waals surface area contributed by atoms with Crippen molar-refractivity contribution in [3.63, 3.8) is 0 Å². The number of fused-ring (bicyclic) bond motifs is 1. The first-order chi connectivity index (χ1) is 9.79. The number of nitrogens with zero attached hydrogens (tertiary/aromatic N) is 1. The first-order valence-corrected chi connectivity index (χ1v) is 8.32. The predicted octanol–water partition coefficient (Wildman–Crippen LogP) is 3.31. The van der Waals surface area contributed by atoms with Crippen molar-refractivity contribution in [2.24, 2.45) is 5.73 Å². The number of hydrogen-bond donors (Lipinski definition) is 1. The van der Waals surface area contributed by atoms with Gasteiger partial charge in [0.15, 0.2) is 0 Å². The SMILES string of the molecule is CCN(CC1Cc2ccccc21)C1(CN)CCCCC1. The Bertz CT molecular complexity index is 448. The lowest BCUT2D eigenvalue weighted by molar-refractivity contribution is 0.0537. The molecule has 1 aromatic rings. The molecule has 0 radical (unpaired) electrons. The molecule has 2 heteroatoms. The van der Waals surface area contributed by atoms with Gasteiger partial charge >= 0.3 is 0 Å². The van der Waals surface area contributed by atoms with Crippen molar-refractivity contribution in [3.8, 4) is 0 Å². The highest BCUT2D eigenvalue weighted by atomic mass is 15.2. The van der Waals surface area contributed by atoms with Crippen molar-refractivity contribution in [1.29, 1.82) is 0 Å². The lowest BCUT2D eigenvalue weighted by Gasteiger charge is -2.48. The van der Waals surface area contributed by atoms with Crippen LogP contribution in [0.1, 0.15) is 56.1 Å². The molecule has 0 bridgehead atoms. The molecule has 1 unspecified atom stereocenters. The van der Waals surface area contributed by atoms with Crippen LogP contribution in [0.3, 0.4) is 0 Å². The summed E-state index contributed by atoms with van der Waals surface area (Å²) in [6.45, 7) is 5.46.